The lowest BCUT2D eigenvalue weighted by Gasteiger charge is -2.22. The second kappa shape index (κ2) is 7.25. The number of alkyl halides is 3. The summed E-state index contributed by atoms with van der Waals surface area (Å²) in [5, 5.41) is 6.27. The maximum absolute atomic E-state index is 12.5. The van der Waals surface area contributed by atoms with Gasteiger partial charge in [0.1, 0.15) is 12.4 Å². The van der Waals surface area contributed by atoms with Gasteiger partial charge in [0, 0.05) is 13.0 Å². The summed E-state index contributed by atoms with van der Waals surface area (Å²) in [4.78, 5) is 16.7. The third-order valence-electron chi connectivity index (χ3n) is 2.65. The summed E-state index contributed by atoms with van der Waals surface area (Å²) >= 11 is 0. The molecule has 1 aromatic heterocycles. The smallest absolute Gasteiger partial charge is 0.327 e. The molecule has 0 fully saturated rings. The molecule has 0 aliphatic carbocycles. The highest BCUT2D eigenvalue weighted by Crippen LogP contribution is 2.18. The number of rotatable bonds is 7. The Morgan fingerprint density at radius 3 is 2.55 bits per heavy atom. The quantitative estimate of drug-likeness (QED) is 0.840. The topological polar surface area (TPSA) is 61.9 Å². The molecule has 8 heteroatoms. The van der Waals surface area contributed by atoms with Crippen molar-refractivity contribution in [3.8, 4) is 0 Å². The van der Waals surface area contributed by atoms with E-state index in [0.29, 0.717) is 25.1 Å². The number of aryl methyl sites for hydroxylation is 1. The van der Waals surface area contributed by atoms with E-state index >= 15 is 0 Å². The Bertz CT molecular complexity index is 431. The van der Waals surface area contributed by atoms with E-state index in [-0.39, 0.29) is 12.4 Å². The minimum absolute atomic E-state index is 0.0481. The fraction of sp³-hybridized carbons (Fsp3) is 0.750. The number of amides is 1. The lowest BCUT2D eigenvalue weighted by atomic mass is 10.3. The van der Waals surface area contributed by atoms with E-state index in [1.54, 1.807) is 0 Å². The van der Waals surface area contributed by atoms with Gasteiger partial charge in [-0.1, -0.05) is 20.3 Å². The van der Waals surface area contributed by atoms with Crippen molar-refractivity contribution in [2.24, 2.45) is 0 Å². The monoisotopic (exact) mass is 292 g/mol. The van der Waals surface area contributed by atoms with Gasteiger partial charge >= 0.3 is 6.18 Å². The van der Waals surface area contributed by atoms with Crippen LogP contribution in [0.2, 0.25) is 0 Å². The van der Waals surface area contributed by atoms with Gasteiger partial charge in [-0.3, -0.25) is 9.89 Å². The standard InChI is InChI=1S/C12H19F3N4O/c1-3-5-7-19(8-12(13,14)15)11(20)10-16-9(6-4-2)17-18-10/h3-8H2,1-2H3,(H,16,17,18). The number of nitrogens with zero attached hydrogens (tertiary/aromatic N) is 3. The van der Waals surface area contributed by atoms with Gasteiger partial charge in [-0.2, -0.15) is 13.2 Å². The second-order valence-electron chi connectivity index (χ2n) is 4.55. The molecule has 0 radical (unpaired) electrons. The van der Waals surface area contributed by atoms with Gasteiger partial charge in [0.05, 0.1) is 0 Å². The highest BCUT2D eigenvalue weighted by Gasteiger charge is 2.34. The third kappa shape index (κ3) is 5.18. The van der Waals surface area contributed by atoms with Crippen LogP contribution < -0.4 is 0 Å². The summed E-state index contributed by atoms with van der Waals surface area (Å²) in [6.45, 7) is 2.56. The summed E-state index contributed by atoms with van der Waals surface area (Å²) in [6, 6.07) is 0. The zero-order chi connectivity index (χ0) is 15.2. The molecule has 0 aliphatic heterocycles. The molecule has 0 saturated carbocycles. The van der Waals surface area contributed by atoms with E-state index in [1.807, 2.05) is 13.8 Å². The molecule has 20 heavy (non-hydrogen) atoms. The Morgan fingerprint density at radius 1 is 1.30 bits per heavy atom. The number of hydrogen-bond donors (Lipinski definition) is 1. The molecule has 1 heterocycles. The minimum atomic E-state index is -4.42. The summed E-state index contributed by atoms with van der Waals surface area (Å²) in [5.41, 5.74) is 0. The maximum Gasteiger partial charge on any atom is 0.406 e. The highest BCUT2D eigenvalue weighted by atomic mass is 19.4. The molecule has 0 aliphatic rings. The summed E-state index contributed by atoms with van der Waals surface area (Å²) in [5.74, 6) is -0.471. The van der Waals surface area contributed by atoms with Crippen molar-refractivity contribution in [2.75, 3.05) is 13.1 Å². The minimum Gasteiger partial charge on any atom is -0.327 e. The molecule has 0 unspecified atom stereocenters. The predicted octanol–water partition coefficient (Wildman–Crippen LogP) is 2.56. The van der Waals surface area contributed by atoms with Crippen LogP contribution in [0, 0.1) is 0 Å². The first-order valence-corrected chi connectivity index (χ1v) is 6.64. The third-order valence-corrected chi connectivity index (χ3v) is 2.65. The van der Waals surface area contributed by atoms with Crippen LogP contribution in [0.4, 0.5) is 13.2 Å². The van der Waals surface area contributed by atoms with E-state index < -0.39 is 18.6 Å². The molecule has 0 aromatic carbocycles. The van der Waals surface area contributed by atoms with E-state index in [2.05, 4.69) is 15.2 Å². The van der Waals surface area contributed by atoms with Gasteiger partial charge in [-0.15, -0.1) is 5.10 Å². The van der Waals surface area contributed by atoms with Crippen molar-refractivity contribution in [3.05, 3.63) is 11.6 Å². The van der Waals surface area contributed by atoms with E-state index in [4.69, 9.17) is 0 Å². The van der Waals surface area contributed by atoms with Crippen LogP contribution in [0.15, 0.2) is 0 Å². The molecule has 1 aromatic rings. The fourth-order valence-corrected chi connectivity index (χ4v) is 1.70. The van der Waals surface area contributed by atoms with Crippen LogP contribution in [0.25, 0.3) is 0 Å². The zero-order valence-corrected chi connectivity index (χ0v) is 11.6. The van der Waals surface area contributed by atoms with Crippen LogP contribution in [-0.4, -0.2) is 45.3 Å². The average molecular weight is 292 g/mol. The van der Waals surface area contributed by atoms with Gasteiger partial charge in [0.2, 0.25) is 5.82 Å². The second-order valence-corrected chi connectivity index (χ2v) is 4.55. The lowest BCUT2D eigenvalue weighted by Crippen LogP contribution is -2.40. The number of unbranched alkanes of at least 4 members (excludes halogenated alkanes) is 1. The number of carbonyl (C=O) groups excluding carboxylic acids is 1. The molecular formula is C12H19F3N4O. The Hall–Kier alpha value is -1.60. The van der Waals surface area contributed by atoms with E-state index in [0.717, 1.165) is 11.3 Å². The number of hydrogen-bond acceptors (Lipinski definition) is 3. The fourth-order valence-electron chi connectivity index (χ4n) is 1.70. The molecule has 0 spiro atoms. The Labute approximate surface area is 115 Å². The first-order chi connectivity index (χ1) is 9.37. The van der Waals surface area contributed by atoms with Crippen molar-refractivity contribution in [2.45, 2.75) is 45.7 Å². The van der Waals surface area contributed by atoms with Crippen molar-refractivity contribution < 1.29 is 18.0 Å². The molecule has 114 valence electrons. The van der Waals surface area contributed by atoms with Crippen molar-refractivity contribution in [1.29, 1.82) is 0 Å². The molecule has 1 amide bonds. The van der Waals surface area contributed by atoms with Crippen LogP contribution in [-0.2, 0) is 6.42 Å². The van der Waals surface area contributed by atoms with E-state index in [9.17, 15) is 18.0 Å². The first-order valence-electron chi connectivity index (χ1n) is 6.64. The van der Waals surface area contributed by atoms with Gasteiger partial charge in [-0.05, 0) is 12.8 Å². The number of H-pyrrole nitrogens is 1. The van der Waals surface area contributed by atoms with Crippen molar-refractivity contribution >= 4 is 5.91 Å². The van der Waals surface area contributed by atoms with E-state index in [1.165, 1.54) is 0 Å². The Kier molecular flexibility index (Phi) is 5.97. The molecule has 0 atom stereocenters. The van der Waals surface area contributed by atoms with Crippen LogP contribution in [0.5, 0.6) is 0 Å². The number of carbonyl (C=O) groups is 1. The zero-order valence-electron chi connectivity index (χ0n) is 11.6. The normalized spacial score (nSPS) is 11.7. The predicted molar refractivity (Wildman–Crippen MR) is 67.2 cm³/mol. The summed E-state index contributed by atoms with van der Waals surface area (Å²) in [7, 11) is 0. The molecule has 0 bridgehead atoms. The van der Waals surface area contributed by atoms with Crippen LogP contribution in [0.1, 0.15) is 49.6 Å². The van der Waals surface area contributed by atoms with Gasteiger partial charge < -0.3 is 4.90 Å². The molecule has 1 N–H and O–H groups in total. The number of halogens is 3. The Balaban J connectivity index is 2.79. The van der Waals surface area contributed by atoms with Gasteiger partial charge in [0.15, 0.2) is 0 Å². The van der Waals surface area contributed by atoms with Gasteiger partial charge in [-0.25, -0.2) is 4.98 Å². The summed E-state index contributed by atoms with van der Waals surface area (Å²) in [6.07, 6.45) is -1.80. The first kappa shape index (κ1) is 16.5. The SMILES string of the molecule is CCCCN(CC(F)(F)F)C(=O)c1n[nH]c(CCC)n1. The average Bonchev–Trinajstić information content (AvgIpc) is 2.81. The highest BCUT2D eigenvalue weighted by molar-refractivity contribution is 5.90. The number of aromatic amines is 1. The van der Waals surface area contributed by atoms with Crippen LogP contribution in [0.3, 0.4) is 0 Å². The van der Waals surface area contributed by atoms with Crippen molar-refractivity contribution in [1.82, 2.24) is 20.1 Å². The molecule has 0 saturated heterocycles. The maximum atomic E-state index is 12.5. The number of nitrogens with one attached hydrogen (secondary N) is 1. The molecule has 5 nitrogen and oxygen atoms in total. The van der Waals surface area contributed by atoms with Crippen LogP contribution >= 0.6 is 0 Å². The molecular weight excluding hydrogens is 273 g/mol. The Morgan fingerprint density at radius 2 is 2.00 bits per heavy atom. The van der Waals surface area contributed by atoms with Crippen molar-refractivity contribution in [3.63, 3.8) is 0 Å². The van der Waals surface area contributed by atoms with Gasteiger partial charge in [0.25, 0.3) is 5.91 Å². The summed E-state index contributed by atoms with van der Waals surface area (Å²) < 4.78 is 37.5. The lowest BCUT2D eigenvalue weighted by molar-refractivity contribution is -0.140. The number of aromatic nitrogens is 3. The largest absolute Gasteiger partial charge is 0.406 e. The molecule has 1 rings (SSSR count).